The highest BCUT2D eigenvalue weighted by molar-refractivity contribution is 7.86. The number of benzene rings is 1. The van der Waals surface area contributed by atoms with Gasteiger partial charge in [-0.3, -0.25) is 4.79 Å². The fourth-order valence-electron chi connectivity index (χ4n) is 3.26. The predicted molar refractivity (Wildman–Crippen MR) is 96.6 cm³/mol. The molecule has 3 rings (SSSR count). The number of rotatable bonds is 3. The molecule has 8 heteroatoms. The zero-order valence-electron chi connectivity index (χ0n) is 14.9. The molecule has 138 valence electrons. The van der Waals surface area contributed by atoms with Gasteiger partial charge in [-0.05, 0) is 26.1 Å². The molecular formula is C17H26N4O3S. The Kier molecular flexibility index (Phi) is 5.43. The van der Waals surface area contributed by atoms with E-state index in [1.165, 1.54) is 4.31 Å². The van der Waals surface area contributed by atoms with Crippen LogP contribution in [0, 0.1) is 6.92 Å². The summed E-state index contributed by atoms with van der Waals surface area (Å²) in [5.74, 6) is -0.0275. The maximum Gasteiger partial charge on any atom is 0.282 e. The molecule has 0 atom stereocenters. The van der Waals surface area contributed by atoms with Crippen LogP contribution < -0.4 is 0 Å². The van der Waals surface area contributed by atoms with Gasteiger partial charge in [0.25, 0.3) is 16.1 Å². The summed E-state index contributed by atoms with van der Waals surface area (Å²) in [4.78, 5) is 16.5. The lowest BCUT2D eigenvalue weighted by Crippen LogP contribution is -2.57. The van der Waals surface area contributed by atoms with E-state index in [0.717, 1.165) is 18.7 Å². The van der Waals surface area contributed by atoms with Crippen LogP contribution in [0.2, 0.25) is 0 Å². The molecule has 0 saturated carbocycles. The highest BCUT2D eigenvalue weighted by Crippen LogP contribution is 2.16. The minimum Gasteiger partial charge on any atom is -0.336 e. The molecule has 0 unspecified atom stereocenters. The van der Waals surface area contributed by atoms with Crippen LogP contribution in [0.3, 0.4) is 0 Å². The lowest BCUT2D eigenvalue weighted by molar-refractivity contribution is 0.0692. The number of carbonyl (C=O) groups excluding carboxylic acids is 1. The smallest absolute Gasteiger partial charge is 0.282 e. The number of hydrogen-bond donors (Lipinski definition) is 0. The summed E-state index contributed by atoms with van der Waals surface area (Å²) in [5, 5.41) is 0. The molecule has 2 heterocycles. The lowest BCUT2D eigenvalue weighted by Gasteiger charge is -2.39. The average molecular weight is 366 g/mol. The van der Waals surface area contributed by atoms with Crippen molar-refractivity contribution in [1.29, 1.82) is 0 Å². The van der Waals surface area contributed by atoms with Crippen molar-refractivity contribution in [3.8, 4) is 0 Å². The van der Waals surface area contributed by atoms with Gasteiger partial charge in [0.1, 0.15) is 0 Å². The standard InChI is InChI=1S/C17H26N4O3S/c1-15-4-3-5-16(14-15)17(22)19-8-12-21(13-9-19)25(23,24)20-10-6-18(2)7-11-20/h3-5,14H,6-13H2,1-2H3. The monoisotopic (exact) mass is 366 g/mol. The Labute approximate surface area is 150 Å². The maximum absolute atomic E-state index is 12.8. The highest BCUT2D eigenvalue weighted by atomic mass is 32.2. The lowest BCUT2D eigenvalue weighted by atomic mass is 10.1. The van der Waals surface area contributed by atoms with Crippen molar-refractivity contribution in [2.75, 3.05) is 59.4 Å². The Bertz CT molecular complexity index is 721. The SMILES string of the molecule is Cc1cccc(C(=O)N2CCN(S(=O)(=O)N3CCN(C)CC3)CC2)c1. The molecule has 7 nitrogen and oxygen atoms in total. The summed E-state index contributed by atoms with van der Waals surface area (Å²) in [6.07, 6.45) is 0. The van der Waals surface area contributed by atoms with E-state index in [9.17, 15) is 13.2 Å². The van der Waals surface area contributed by atoms with Gasteiger partial charge >= 0.3 is 0 Å². The van der Waals surface area contributed by atoms with Crippen LogP contribution in [-0.2, 0) is 10.2 Å². The fourth-order valence-corrected chi connectivity index (χ4v) is 4.84. The first-order valence-electron chi connectivity index (χ1n) is 8.67. The number of amides is 1. The molecule has 2 aliphatic heterocycles. The molecule has 0 N–H and O–H groups in total. The Morgan fingerprint density at radius 1 is 0.920 bits per heavy atom. The summed E-state index contributed by atoms with van der Waals surface area (Å²) in [7, 11) is -1.43. The molecule has 1 aromatic rings. The van der Waals surface area contributed by atoms with Gasteiger partial charge in [-0.25, -0.2) is 0 Å². The molecule has 2 fully saturated rings. The minimum absolute atomic E-state index is 0.0275. The summed E-state index contributed by atoms with van der Waals surface area (Å²) in [6, 6.07) is 7.51. The Morgan fingerprint density at radius 2 is 1.48 bits per heavy atom. The molecule has 25 heavy (non-hydrogen) atoms. The second kappa shape index (κ2) is 7.41. The van der Waals surface area contributed by atoms with Crippen molar-refractivity contribution in [3.05, 3.63) is 35.4 Å². The van der Waals surface area contributed by atoms with Crippen LogP contribution >= 0.6 is 0 Å². The van der Waals surface area contributed by atoms with Crippen LogP contribution in [0.15, 0.2) is 24.3 Å². The van der Waals surface area contributed by atoms with Crippen molar-refractivity contribution in [1.82, 2.24) is 18.4 Å². The van der Waals surface area contributed by atoms with Gasteiger partial charge in [0.2, 0.25) is 0 Å². The van der Waals surface area contributed by atoms with E-state index in [1.54, 1.807) is 9.21 Å². The average Bonchev–Trinajstić information content (AvgIpc) is 2.61. The van der Waals surface area contributed by atoms with Crippen LogP contribution in [0.4, 0.5) is 0 Å². The third kappa shape index (κ3) is 4.03. The fraction of sp³-hybridized carbons (Fsp3) is 0.588. The number of piperazine rings is 2. The van der Waals surface area contributed by atoms with Crippen molar-refractivity contribution < 1.29 is 13.2 Å². The molecule has 0 radical (unpaired) electrons. The predicted octanol–water partition coefficient (Wildman–Crippen LogP) is 0.245. The normalized spacial score (nSPS) is 21.4. The second-order valence-electron chi connectivity index (χ2n) is 6.77. The van der Waals surface area contributed by atoms with E-state index < -0.39 is 10.2 Å². The number of carbonyl (C=O) groups is 1. The van der Waals surface area contributed by atoms with E-state index >= 15 is 0 Å². The molecule has 2 aliphatic rings. The molecule has 1 amide bonds. The van der Waals surface area contributed by atoms with Crippen molar-refractivity contribution in [3.63, 3.8) is 0 Å². The summed E-state index contributed by atoms with van der Waals surface area (Å²) < 4.78 is 28.6. The largest absolute Gasteiger partial charge is 0.336 e. The zero-order valence-corrected chi connectivity index (χ0v) is 15.7. The van der Waals surface area contributed by atoms with Crippen LogP contribution in [0.25, 0.3) is 0 Å². The van der Waals surface area contributed by atoms with E-state index in [2.05, 4.69) is 4.90 Å². The third-order valence-electron chi connectivity index (χ3n) is 4.91. The minimum atomic E-state index is -3.43. The van der Waals surface area contributed by atoms with Gasteiger partial charge < -0.3 is 9.80 Å². The van der Waals surface area contributed by atoms with Crippen LogP contribution in [0.5, 0.6) is 0 Å². The highest BCUT2D eigenvalue weighted by Gasteiger charge is 2.34. The Morgan fingerprint density at radius 3 is 2.04 bits per heavy atom. The van der Waals surface area contributed by atoms with Gasteiger partial charge in [-0.2, -0.15) is 17.0 Å². The number of aryl methyl sites for hydroxylation is 1. The van der Waals surface area contributed by atoms with Gasteiger partial charge in [-0.15, -0.1) is 0 Å². The van der Waals surface area contributed by atoms with Crippen LogP contribution in [0.1, 0.15) is 15.9 Å². The third-order valence-corrected chi connectivity index (χ3v) is 6.94. The quantitative estimate of drug-likeness (QED) is 0.769. The topological polar surface area (TPSA) is 64.2 Å². The first kappa shape index (κ1) is 18.3. The summed E-state index contributed by atoms with van der Waals surface area (Å²) in [6.45, 7) is 6.09. The summed E-state index contributed by atoms with van der Waals surface area (Å²) in [5.41, 5.74) is 1.71. The van der Waals surface area contributed by atoms with Gasteiger partial charge in [0.05, 0.1) is 0 Å². The second-order valence-corrected chi connectivity index (χ2v) is 8.70. The number of nitrogens with zero attached hydrogens (tertiary/aromatic N) is 4. The van der Waals surface area contributed by atoms with Crippen molar-refractivity contribution in [2.45, 2.75) is 6.92 Å². The molecular weight excluding hydrogens is 340 g/mol. The summed E-state index contributed by atoms with van der Waals surface area (Å²) >= 11 is 0. The molecule has 0 aliphatic carbocycles. The molecule has 0 spiro atoms. The van der Waals surface area contributed by atoms with Crippen LogP contribution in [-0.4, -0.2) is 92.1 Å². The number of likely N-dealkylation sites (N-methyl/N-ethyl adjacent to an activating group) is 1. The molecule has 2 saturated heterocycles. The van der Waals surface area contributed by atoms with E-state index in [0.29, 0.717) is 44.8 Å². The van der Waals surface area contributed by atoms with Gasteiger partial charge in [0, 0.05) is 57.9 Å². The van der Waals surface area contributed by atoms with E-state index in [4.69, 9.17) is 0 Å². The van der Waals surface area contributed by atoms with Crippen molar-refractivity contribution >= 4 is 16.1 Å². The molecule has 0 aromatic heterocycles. The zero-order chi connectivity index (χ0) is 18.0. The molecule has 0 bridgehead atoms. The van der Waals surface area contributed by atoms with Gasteiger partial charge in [-0.1, -0.05) is 17.7 Å². The van der Waals surface area contributed by atoms with E-state index in [1.807, 2.05) is 38.2 Å². The first-order valence-corrected chi connectivity index (χ1v) is 10.1. The molecule has 1 aromatic carbocycles. The van der Waals surface area contributed by atoms with E-state index in [-0.39, 0.29) is 5.91 Å². The maximum atomic E-state index is 12.8. The van der Waals surface area contributed by atoms with Gasteiger partial charge in [0.15, 0.2) is 0 Å². The Hall–Kier alpha value is -1.48. The Balaban J connectivity index is 1.60. The number of hydrogen-bond acceptors (Lipinski definition) is 4. The van der Waals surface area contributed by atoms with Crippen molar-refractivity contribution in [2.24, 2.45) is 0 Å². The first-order chi connectivity index (χ1) is 11.9.